The minimum absolute atomic E-state index is 1.22. The van der Waals surface area contributed by atoms with Crippen molar-refractivity contribution in [3.63, 3.8) is 0 Å². The summed E-state index contributed by atoms with van der Waals surface area (Å²) in [5.74, 6) is 0. The van der Waals surface area contributed by atoms with Gasteiger partial charge in [-0.15, -0.1) is 0 Å². The first kappa shape index (κ1) is 29.0. The molecule has 11 aromatic rings. The molecule has 0 heteroatoms. The molecule has 11 rings (SSSR count). The van der Waals surface area contributed by atoms with Gasteiger partial charge >= 0.3 is 0 Å². The predicted molar refractivity (Wildman–Crippen MR) is 225 cm³/mol. The SMILES string of the molecule is c1ccc(-c2c3ccccc3c(-c3ccccc3)c3cc(-c4ccc5c6ccccc6c6c7ccccc7c7ccccc7c6c5c4)ccc23)cc1. The quantitative estimate of drug-likeness (QED) is 0.131. The Bertz CT molecular complexity index is 3190. The zero-order valence-corrected chi connectivity index (χ0v) is 28.5. The second-order valence-corrected chi connectivity index (χ2v) is 13.9. The summed E-state index contributed by atoms with van der Waals surface area (Å²) in [6.07, 6.45) is 0. The van der Waals surface area contributed by atoms with E-state index in [9.17, 15) is 0 Å². The van der Waals surface area contributed by atoms with Crippen molar-refractivity contribution >= 4 is 75.4 Å². The fourth-order valence-electron chi connectivity index (χ4n) is 8.99. The van der Waals surface area contributed by atoms with Crippen molar-refractivity contribution < 1.29 is 0 Å². The van der Waals surface area contributed by atoms with Gasteiger partial charge < -0.3 is 0 Å². The molecule has 0 spiro atoms. The molecule has 11 aromatic carbocycles. The highest BCUT2D eigenvalue weighted by Gasteiger charge is 2.19. The molecule has 0 bridgehead atoms. The Morgan fingerprint density at radius 3 is 0.962 bits per heavy atom. The molecule has 0 aromatic heterocycles. The number of hydrogen-bond acceptors (Lipinski definition) is 0. The molecule has 0 aliphatic carbocycles. The number of benzene rings is 11. The Hall–Kier alpha value is -6.76. The van der Waals surface area contributed by atoms with Gasteiger partial charge in [-0.05, 0) is 121 Å². The number of fused-ring (bicyclic) bond motifs is 13. The maximum Gasteiger partial charge on any atom is -0.00137 e. The van der Waals surface area contributed by atoms with Crippen LogP contribution in [-0.2, 0) is 0 Å². The van der Waals surface area contributed by atoms with Crippen molar-refractivity contribution in [2.75, 3.05) is 0 Å². The zero-order chi connectivity index (χ0) is 34.2. The molecular weight excluding hydrogens is 625 g/mol. The summed E-state index contributed by atoms with van der Waals surface area (Å²) >= 11 is 0. The van der Waals surface area contributed by atoms with Crippen LogP contribution in [0.1, 0.15) is 0 Å². The van der Waals surface area contributed by atoms with Gasteiger partial charge in [0.1, 0.15) is 0 Å². The molecule has 52 heavy (non-hydrogen) atoms. The fourth-order valence-corrected chi connectivity index (χ4v) is 8.99. The third-order valence-electron chi connectivity index (χ3n) is 11.2. The van der Waals surface area contributed by atoms with Gasteiger partial charge in [-0.25, -0.2) is 0 Å². The largest absolute Gasteiger partial charge is 0.0622 e. The molecule has 0 heterocycles. The van der Waals surface area contributed by atoms with Gasteiger partial charge in [0, 0.05) is 0 Å². The molecule has 0 saturated carbocycles. The van der Waals surface area contributed by atoms with Crippen LogP contribution in [0.4, 0.5) is 0 Å². The topological polar surface area (TPSA) is 0 Å². The van der Waals surface area contributed by atoms with Gasteiger partial charge in [0.2, 0.25) is 0 Å². The van der Waals surface area contributed by atoms with Crippen molar-refractivity contribution in [2.45, 2.75) is 0 Å². The van der Waals surface area contributed by atoms with E-state index in [4.69, 9.17) is 0 Å². The van der Waals surface area contributed by atoms with E-state index in [-0.39, 0.29) is 0 Å². The van der Waals surface area contributed by atoms with Gasteiger partial charge in [-0.1, -0.05) is 182 Å². The molecule has 0 N–H and O–H groups in total. The highest BCUT2D eigenvalue weighted by atomic mass is 14.2. The third kappa shape index (κ3) is 4.22. The van der Waals surface area contributed by atoms with Crippen LogP contribution in [0.25, 0.3) is 109 Å². The van der Waals surface area contributed by atoms with Crippen LogP contribution < -0.4 is 0 Å². The Morgan fingerprint density at radius 1 is 0.173 bits per heavy atom. The zero-order valence-electron chi connectivity index (χ0n) is 28.5. The average molecular weight is 657 g/mol. The lowest BCUT2D eigenvalue weighted by Crippen LogP contribution is -1.92. The molecule has 0 radical (unpaired) electrons. The molecular formula is C52H32. The molecule has 0 unspecified atom stereocenters. The minimum Gasteiger partial charge on any atom is -0.0622 e. The van der Waals surface area contributed by atoms with E-state index in [1.165, 1.54) is 109 Å². The van der Waals surface area contributed by atoms with Gasteiger partial charge in [-0.3, -0.25) is 0 Å². The molecule has 0 amide bonds. The first-order valence-electron chi connectivity index (χ1n) is 18.1. The van der Waals surface area contributed by atoms with Crippen LogP contribution in [0, 0.1) is 0 Å². The molecule has 0 fully saturated rings. The summed E-state index contributed by atoms with van der Waals surface area (Å²) in [7, 11) is 0. The lowest BCUT2D eigenvalue weighted by molar-refractivity contribution is 1.64. The van der Waals surface area contributed by atoms with E-state index in [1.807, 2.05) is 0 Å². The minimum atomic E-state index is 1.22. The van der Waals surface area contributed by atoms with Gasteiger partial charge in [-0.2, -0.15) is 0 Å². The van der Waals surface area contributed by atoms with Crippen molar-refractivity contribution in [1.29, 1.82) is 0 Å². The Balaban J connectivity index is 1.27. The van der Waals surface area contributed by atoms with E-state index in [0.717, 1.165) is 0 Å². The highest BCUT2D eigenvalue weighted by molar-refractivity contribution is 6.39. The monoisotopic (exact) mass is 656 g/mol. The van der Waals surface area contributed by atoms with E-state index in [0.29, 0.717) is 0 Å². The highest BCUT2D eigenvalue weighted by Crippen LogP contribution is 2.47. The predicted octanol–water partition coefficient (Wildman–Crippen LogP) is 14.8. The summed E-state index contributed by atoms with van der Waals surface area (Å²) < 4.78 is 0. The van der Waals surface area contributed by atoms with Crippen molar-refractivity contribution in [3.8, 4) is 33.4 Å². The summed E-state index contributed by atoms with van der Waals surface area (Å²) in [5.41, 5.74) is 7.46. The summed E-state index contributed by atoms with van der Waals surface area (Å²) in [4.78, 5) is 0. The van der Waals surface area contributed by atoms with Crippen LogP contribution in [0.5, 0.6) is 0 Å². The van der Waals surface area contributed by atoms with Crippen molar-refractivity contribution in [3.05, 3.63) is 194 Å². The van der Waals surface area contributed by atoms with Crippen LogP contribution in [-0.4, -0.2) is 0 Å². The van der Waals surface area contributed by atoms with E-state index >= 15 is 0 Å². The van der Waals surface area contributed by atoms with Crippen LogP contribution in [0.3, 0.4) is 0 Å². The average Bonchev–Trinajstić information content (AvgIpc) is 3.22. The third-order valence-corrected chi connectivity index (χ3v) is 11.2. The van der Waals surface area contributed by atoms with Crippen molar-refractivity contribution in [2.24, 2.45) is 0 Å². The Labute approximate surface area is 301 Å². The van der Waals surface area contributed by atoms with Crippen LogP contribution in [0.15, 0.2) is 194 Å². The van der Waals surface area contributed by atoms with Crippen LogP contribution in [0.2, 0.25) is 0 Å². The first-order chi connectivity index (χ1) is 25.8. The maximum atomic E-state index is 2.45. The van der Waals surface area contributed by atoms with Gasteiger partial charge in [0.05, 0.1) is 0 Å². The fraction of sp³-hybridized carbons (Fsp3) is 0. The smallest absolute Gasteiger partial charge is 0.00137 e. The normalized spacial score (nSPS) is 11.8. The lowest BCUT2D eigenvalue weighted by atomic mass is 9.84. The molecule has 0 aliphatic heterocycles. The lowest BCUT2D eigenvalue weighted by Gasteiger charge is -2.19. The molecule has 240 valence electrons. The molecule has 0 saturated heterocycles. The van der Waals surface area contributed by atoms with Gasteiger partial charge in [0.25, 0.3) is 0 Å². The Morgan fingerprint density at radius 2 is 0.481 bits per heavy atom. The van der Waals surface area contributed by atoms with Crippen molar-refractivity contribution in [1.82, 2.24) is 0 Å². The Kier molecular flexibility index (Phi) is 6.35. The van der Waals surface area contributed by atoms with E-state index in [2.05, 4.69) is 194 Å². The summed E-state index contributed by atoms with van der Waals surface area (Å²) in [6.45, 7) is 0. The van der Waals surface area contributed by atoms with Gasteiger partial charge in [0.15, 0.2) is 0 Å². The summed E-state index contributed by atoms with van der Waals surface area (Å²) in [5, 5.41) is 18.1. The van der Waals surface area contributed by atoms with E-state index < -0.39 is 0 Å². The first-order valence-corrected chi connectivity index (χ1v) is 18.1. The molecule has 0 atom stereocenters. The van der Waals surface area contributed by atoms with Crippen LogP contribution >= 0.6 is 0 Å². The second-order valence-electron chi connectivity index (χ2n) is 13.9. The van der Waals surface area contributed by atoms with E-state index in [1.54, 1.807) is 0 Å². The standard InChI is InChI=1S/C52H32/c1-3-15-33(16-4-1)49-44-25-13-14-26-45(44)50(34-17-5-2-6-18-34)48-32-36(28-30-46(48)49)35-27-29-40-39-21-9-11-23-42(39)51-41-22-10-7-19-37(41)38-20-8-12-24-43(38)52(51)47(40)31-35/h1-32H. The second kappa shape index (κ2) is 11.4. The maximum absolute atomic E-state index is 2.45. The number of rotatable bonds is 3. The number of hydrogen-bond donors (Lipinski definition) is 0. The molecule has 0 nitrogen and oxygen atoms in total. The summed E-state index contributed by atoms with van der Waals surface area (Å²) in [6, 6.07) is 71.8. The molecule has 0 aliphatic rings.